The molecule has 0 aromatic heterocycles. The molecule has 28 heavy (non-hydrogen) atoms. The standard InChI is InChI=1S/C18H39N5O3S.HI/c1-6-21(7-2)10-8-9-20-18(19-5)22-11-13-23(14-12-22)27(24,25)16-15-26-17(3)4;/h17H,6-16H2,1-5H3,(H,19,20);1H. The van der Waals surface area contributed by atoms with Crippen molar-refractivity contribution < 1.29 is 13.2 Å². The summed E-state index contributed by atoms with van der Waals surface area (Å²) < 4.78 is 31.8. The fourth-order valence-corrected chi connectivity index (χ4v) is 4.36. The Balaban J connectivity index is 0.00000729. The maximum absolute atomic E-state index is 12.4. The van der Waals surface area contributed by atoms with Gasteiger partial charge < -0.3 is 19.9 Å². The molecule has 1 fully saturated rings. The molecule has 0 spiro atoms. The van der Waals surface area contributed by atoms with Gasteiger partial charge in [-0.25, -0.2) is 8.42 Å². The van der Waals surface area contributed by atoms with Gasteiger partial charge in [-0.1, -0.05) is 13.8 Å². The van der Waals surface area contributed by atoms with Crippen molar-refractivity contribution in [1.82, 2.24) is 19.4 Å². The fourth-order valence-electron chi connectivity index (χ4n) is 3.07. The number of sulfonamides is 1. The van der Waals surface area contributed by atoms with Crippen molar-refractivity contribution in [2.24, 2.45) is 4.99 Å². The number of piperazine rings is 1. The van der Waals surface area contributed by atoms with Crippen LogP contribution in [0.2, 0.25) is 0 Å². The summed E-state index contributed by atoms with van der Waals surface area (Å²) in [6.45, 7) is 14.8. The maximum atomic E-state index is 12.4. The van der Waals surface area contributed by atoms with Crippen LogP contribution in [0, 0.1) is 0 Å². The first-order valence-electron chi connectivity index (χ1n) is 10.1. The van der Waals surface area contributed by atoms with E-state index >= 15 is 0 Å². The Hall–Kier alpha value is -0.170. The van der Waals surface area contributed by atoms with Crippen LogP contribution < -0.4 is 5.32 Å². The summed E-state index contributed by atoms with van der Waals surface area (Å²) in [4.78, 5) is 8.89. The molecular weight excluding hydrogens is 493 g/mol. The summed E-state index contributed by atoms with van der Waals surface area (Å²) in [5, 5.41) is 3.40. The lowest BCUT2D eigenvalue weighted by atomic mass is 10.3. The Kier molecular flexibility index (Phi) is 14.7. The zero-order valence-electron chi connectivity index (χ0n) is 18.2. The summed E-state index contributed by atoms with van der Waals surface area (Å²) in [5.41, 5.74) is 0. The van der Waals surface area contributed by atoms with Crippen LogP contribution in [-0.4, -0.2) is 106 Å². The first-order valence-corrected chi connectivity index (χ1v) is 11.7. The second kappa shape index (κ2) is 14.8. The van der Waals surface area contributed by atoms with Crippen molar-refractivity contribution in [1.29, 1.82) is 0 Å². The van der Waals surface area contributed by atoms with Gasteiger partial charge in [0.1, 0.15) is 0 Å². The Labute approximate surface area is 189 Å². The number of guanidine groups is 1. The van der Waals surface area contributed by atoms with Crippen LogP contribution in [0.25, 0.3) is 0 Å². The molecule has 1 aliphatic rings. The number of nitrogens with one attached hydrogen (secondary N) is 1. The maximum Gasteiger partial charge on any atom is 0.216 e. The highest BCUT2D eigenvalue weighted by Crippen LogP contribution is 2.09. The molecule has 10 heteroatoms. The van der Waals surface area contributed by atoms with Crippen molar-refractivity contribution >= 4 is 40.0 Å². The molecule has 1 rings (SSSR count). The van der Waals surface area contributed by atoms with Gasteiger partial charge in [-0.2, -0.15) is 4.31 Å². The summed E-state index contributed by atoms with van der Waals surface area (Å²) in [7, 11) is -1.48. The normalized spacial score (nSPS) is 16.5. The molecule has 1 N–H and O–H groups in total. The first-order chi connectivity index (χ1) is 12.8. The molecule has 0 radical (unpaired) electrons. The van der Waals surface area contributed by atoms with E-state index in [4.69, 9.17) is 4.74 Å². The van der Waals surface area contributed by atoms with Crippen molar-refractivity contribution in [3.8, 4) is 0 Å². The zero-order valence-corrected chi connectivity index (χ0v) is 21.3. The molecule has 0 unspecified atom stereocenters. The van der Waals surface area contributed by atoms with Gasteiger partial charge in [-0.05, 0) is 39.9 Å². The highest BCUT2D eigenvalue weighted by molar-refractivity contribution is 14.0. The summed E-state index contributed by atoms with van der Waals surface area (Å²) in [5.74, 6) is 0.901. The second-order valence-corrected chi connectivity index (χ2v) is 9.06. The van der Waals surface area contributed by atoms with E-state index in [1.807, 2.05) is 13.8 Å². The smallest absolute Gasteiger partial charge is 0.216 e. The molecule has 168 valence electrons. The summed E-state index contributed by atoms with van der Waals surface area (Å²) in [6.07, 6.45) is 1.11. The average Bonchev–Trinajstić information content (AvgIpc) is 2.64. The van der Waals surface area contributed by atoms with Gasteiger partial charge in [0.15, 0.2) is 5.96 Å². The van der Waals surface area contributed by atoms with Crippen molar-refractivity contribution in [2.45, 2.75) is 40.2 Å². The van der Waals surface area contributed by atoms with Gasteiger partial charge in [0.25, 0.3) is 0 Å². The van der Waals surface area contributed by atoms with Gasteiger partial charge >= 0.3 is 0 Å². The monoisotopic (exact) mass is 533 g/mol. The molecule has 0 aromatic rings. The molecule has 0 aromatic carbocycles. The van der Waals surface area contributed by atoms with Gasteiger partial charge in [0.05, 0.1) is 18.5 Å². The lowest BCUT2D eigenvalue weighted by molar-refractivity contribution is 0.0904. The third kappa shape index (κ3) is 10.0. The van der Waals surface area contributed by atoms with E-state index in [0.29, 0.717) is 26.2 Å². The quantitative estimate of drug-likeness (QED) is 0.187. The third-order valence-electron chi connectivity index (χ3n) is 4.76. The predicted molar refractivity (Wildman–Crippen MR) is 127 cm³/mol. The molecule has 0 aliphatic carbocycles. The van der Waals surface area contributed by atoms with E-state index in [1.165, 1.54) is 0 Å². The molecule has 1 saturated heterocycles. The fraction of sp³-hybridized carbons (Fsp3) is 0.944. The van der Waals surface area contributed by atoms with Gasteiger partial charge in [-0.15, -0.1) is 24.0 Å². The summed E-state index contributed by atoms with van der Waals surface area (Å²) >= 11 is 0. The number of nitrogens with zero attached hydrogens (tertiary/aromatic N) is 4. The zero-order chi connectivity index (χ0) is 20.3. The van der Waals surface area contributed by atoms with Crippen LogP contribution >= 0.6 is 24.0 Å². The van der Waals surface area contributed by atoms with E-state index in [9.17, 15) is 8.42 Å². The lowest BCUT2D eigenvalue weighted by Crippen LogP contribution is -2.54. The van der Waals surface area contributed by atoms with Crippen LogP contribution in [0.15, 0.2) is 4.99 Å². The van der Waals surface area contributed by atoms with Crippen molar-refractivity contribution in [3.05, 3.63) is 0 Å². The van der Waals surface area contributed by atoms with Crippen LogP contribution in [0.3, 0.4) is 0 Å². The van der Waals surface area contributed by atoms with E-state index in [0.717, 1.165) is 38.6 Å². The summed E-state index contributed by atoms with van der Waals surface area (Å²) in [6, 6.07) is 0. The second-order valence-electron chi connectivity index (χ2n) is 6.98. The van der Waals surface area contributed by atoms with E-state index in [1.54, 1.807) is 11.4 Å². The molecule has 1 aliphatic heterocycles. The van der Waals surface area contributed by atoms with Crippen LogP contribution in [0.4, 0.5) is 0 Å². The Morgan fingerprint density at radius 2 is 1.79 bits per heavy atom. The first kappa shape index (κ1) is 27.8. The van der Waals surface area contributed by atoms with E-state index in [-0.39, 0.29) is 42.4 Å². The minimum atomic E-state index is -3.26. The predicted octanol–water partition coefficient (Wildman–Crippen LogP) is 1.28. The molecule has 0 atom stereocenters. The van der Waals surface area contributed by atoms with Gasteiger partial charge in [0.2, 0.25) is 10.0 Å². The highest BCUT2D eigenvalue weighted by atomic mass is 127. The van der Waals surface area contributed by atoms with Crippen LogP contribution in [0.5, 0.6) is 0 Å². The van der Waals surface area contributed by atoms with E-state index < -0.39 is 10.0 Å². The Morgan fingerprint density at radius 3 is 2.29 bits per heavy atom. The number of hydrogen-bond acceptors (Lipinski definition) is 5. The van der Waals surface area contributed by atoms with Crippen molar-refractivity contribution in [3.63, 3.8) is 0 Å². The van der Waals surface area contributed by atoms with E-state index in [2.05, 4.69) is 34.0 Å². The van der Waals surface area contributed by atoms with Crippen LogP contribution in [0.1, 0.15) is 34.1 Å². The van der Waals surface area contributed by atoms with Crippen LogP contribution in [-0.2, 0) is 14.8 Å². The Morgan fingerprint density at radius 1 is 1.18 bits per heavy atom. The molecule has 1 heterocycles. The van der Waals surface area contributed by atoms with Gasteiger partial charge in [-0.3, -0.25) is 4.99 Å². The molecular formula is C18H40IN5O3S. The topological polar surface area (TPSA) is 77.5 Å². The van der Waals surface area contributed by atoms with Gasteiger partial charge in [0, 0.05) is 39.8 Å². The molecule has 0 saturated carbocycles. The number of hydrogen-bond donors (Lipinski definition) is 1. The number of ether oxygens (including phenoxy) is 1. The average molecular weight is 534 g/mol. The highest BCUT2D eigenvalue weighted by Gasteiger charge is 2.27. The molecule has 8 nitrogen and oxygen atoms in total. The number of aliphatic imine (C=N–C) groups is 1. The van der Waals surface area contributed by atoms with Crippen molar-refractivity contribution in [2.75, 3.05) is 71.8 Å². The minimum Gasteiger partial charge on any atom is -0.378 e. The number of rotatable bonds is 11. The minimum absolute atomic E-state index is 0. The SMILES string of the molecule is CCN(CC)CCCNC(=NC)N1CCN(S(=O)(=O)CCOC(C)C)CC1.I. The lowest BCUT2D eigenvalue weighted by Gasteiger charge is -2.36. The third-order valence-corrected chi connectivity index (χ3v) is 6.60. The molecule has 0 bridgehead atoms. The Bertz CT molecular complexity index is 533. The number of halogens is 1. The largest absolute Gasteiger partial charge is 0.378 e. The molecule has 0 amide bonds.